The molecule has 2 aromatic rings. The summed E-state index contributed by atoms with van der Waals surface area (Å²) in [7, 11) is 0. The van der Waals surface area contributed by atoms with Gasteiger partial charge < -0.3 is 10.4 Å². The number of nitrogens with one attached hydrogen (secondary N) is 1. The van der Waals surface area contributed by atoms with Gasteiger partial charge in [0, 0.05) is 16.7 Å². The van der Waals surface area contributed by atoms with Crippen LogP contribution in [0.3, 0.4) is 0 Å². The Morgan fingerprint density at radius 2 is 1.58 bits per heavy atom. The lowest BCUT2D eigenvalue weighted by molar-refractivity contribution is -0.137. The summed E-state index contributed by atoms with van der Waals surface area (Å²) in [4.78, 5) is 36.5. The second-order valence-corrected chi connectivity index (χ2v) is 6.82. The lowest BCUT2D eigenvalue weighted by Gasteiger charge is -2.21. The van der Waals surface area contributed by atoms with Crippen molar-refractivity contribution in [2.45, 2.75) is 33.1 Å². The molecule has 1 atom stereocenters. The predicted octanol–water partition coefficient (Wildman–Crippen LogP) is 4.11. The maximum absolute atomic E-state index is 12.7. The lowest BCUT2D eigenvalue weighted by atomic mass is 9.89. The van der Waals surface area contributed by atoms with Gasteiger partial charge >= 0.3 is 5.97 Å². The van der Waals surface area contributed by atoms with E-state index < -0.39 is 23.1 Å². The molecular formula is C21H23NO4. The summed E-state index contributed by atoms with van der Waals surface area (Å²) in [6.07, 6.45) is 0.701. The van der Waals surface area contributed by atoms with Crippen molar-refractivity contribution >= 4 is 23.3 Å². The monoisotopic (exact) mass is 353 g/mol. The molecule has 0 heterocycles. The average Bonchev–Trinajstić information content (AvgIpc) is 2.63. The number of Topliss-reactive ketones (excluding diaryl/α,β-unsaturated/α-hetero) is 1. The zero-order valence-electron chi connectivity index (χ0n) is 15.2. The zero-order chi connectivity index (χ0) is 19.3. The zero-order valence-corrected chi connectivity index (χ0v) is 15.2. The van der Waals surface area contributed by atoms with E-state index in [0.717, 1.165) is 0 Å². The van der Waals surface area contributed by atoms with Gasteiger partial charge in [-0.25, -0.2) is 0 Å². The molecule has 2 N–H and O–H groups in total. The summed E-state index contributed by atoms with van der Waals surface area (Å²) < 4.78 is 0. The van der Waals surface area contributed by atoms with Crippen LogP contribution in [0.4, 0.5) is 5.69 Å². The number of amides is 1. The molecule has 0 spiro atoms. The van der Waals surface area contributed by atoms with Gasteiger partial charge in [0.25, 0.3) is 0 Å². The number of aliphatic carboxylic acids is 1. The number of benzene rings is 2. The smallest absolute Gasteiger partial charge is 0.318 e. The van der Waals surface area contributed by atoms with E-state index in [1.807, 2.05) is 20.8 Å². The first-order chi connectivity index (χ1) is 12.3. The molecule has 136 valence electrons. The van der Waals surface area contributed by atoms with Crippen LogP contribution in [0.5, 0.6) is 0 Å². The van der Waals surface area contributed by atoms with E-state index in [1.165, 1.54) is 12.1 Å². The van der Waals surface area contributed by atoms with Gasteiger partial charge in [-0.2, -0.15) is 0 Å². The highest BCUT2D eigenvalue weighted by atomic mass is 16.4. The van der Waals surface area contributed by atoms with Gasteiger partial charge in [0.15, 0.2) is 5.78 Å². The van der Waals surface area contributed by atoms with Gasteiger partial charge in [-0.1, -0.05) is 51.1 Å². The summed E-state index contributed by atoms with van der Waals surface area (Å²) in [6.45, 7) is 5.66. The summed E-state index contributed by atoms with van der Waals surface area (Å²) >= 11 is 0. The number of carbonyl (C=O) groups is 3. The fourth-order valence-corrected chi connectivity index (χ4v) is 2.40. The Balaban J connectivity index is 2.20. The van der Waals surface area contributed by atoms with Gasteiger partial charge in [0.2, 0.25) is 5.91 Å². The second-order valence-electron chi connectivity index (χ2n) is 6.82. The Morgan fingerprint density at radius 1 is 1.00 bits per heavy atom. The summed E-state index contributed by atoms with van der Waals surface area (Å²) in [6, 6.07) is 14.7. The van der Waals surface area contributed by atoms with Crippen molar-refractivity contribution < 1.29 is 19.5 Å². The number of hydrogen-bond acceptors (Lipinski definition) is 3. The Labute approximate surface area is 153 Å². The highest BCUT2D eigenvalue weighted by molar-refractivity contribution is 6.12. The van der Waals surface area contributed by atoms with Crippen LogP contribution in [0.15, 0.2) is 54.6 Å². The molecule has 2 aromatic carbocycles. The Kier molecular flexibility index (Phi) is 5.93. The van der Waals surface area contributed by atoms with Gasteiger partial charge in [-0.3, -0.25) is 14.4 Å². The maximum atomic E-state index is 12.7. The van der Waals surface area contributed by atoms with Crippen LogP contribution in [-0.4, -0.2) is 22.8 Å². The van der Waals surface area contributed by atoms with Crippen molar-refractivity contribution in [1.29, 1.82) is 0 Å². The Morgan fingerprint density at radius 3 is 2.08 bits per heavy atom. The lowest BCUT2D eigenvalue weighted by Crippen LogP contribution is -2.30. The average molecular weight is 353 g/mol. The van der Waals surface area contributed by atoms with E-state index in [-0.39, 0.29) is 11.5 Å². The largest absolute Gasteiger partial charge is 0.480 e. The summed E-state index contributed by atoms with van der Waals surface area (Å²) in [5, 5.41) is 12.3. The first-order valence-electron chi connectivity index (χ1n) is 8.49. The van der Waals surface area contributed by atoms with E-state index in [9.17, 15) is 19.5 Å². The number of rotatable bonds is 7. The summed E-state index contributed by atoms with van der Waals surface area (Å²) in [5.41, 5.74) is 0.802. The molecule has 0 saturated carbocycles. The van der Waals surface area contributed by atoms with Crippen LogP contribution >= 0.6 is 0 Å². The second kappa shape index (κ2) is 7.95. The Hall–Kier alpha value is -2.95. The van der Waals surface area contributed by atoms with E-state index in [4.69, 9.17) is 0 Å². The molecular weight excluding hydrogens is 330 g/mol. The summed E-state index contributed by atoms with van der Waals surface area (Å²) in [5.74, 6) is -3.04. The van der Waals surface area contributed by atoms with Crippen molar-refractivity contribution in [2.24, 2.45) is 5.41 Å². The van der Waals surface area contributed by atoms with E-state index >= 15 is 0 Å². The fraction of sp³-hybridized carbons (Fsp3) is 0.286. The molecule has 0 saturated heterocycles. The molecule has 0 aliphatic heterocycles. The van der Waals surface area contributed by atoms with Gasteiger partial charge in [0.05, 0.1) is 0 Å². The third kappa shape index (κ3) is 4.36. The topological polar surface area (TPSA) is 83.5 Å². The molecule has 0 radical (unpaired) electrons. The van der Waals surface area contributed by atoms with Crippen molar-refractivity contribution in [3.05, 3.63) is 65.7 Å². The molecule has 1 amide bonds. The molecule has 2 rings (SSSR count). The minimum atomic E-state index is -1.25. The highest BCUT2D eigenvalue weighted by Gasteiger charge is 2.29. The minimum Gasteiger partial charge on any atom is -0.480 e. The van der Waals surface area contributed by atoms with Crippen LogP contribution in [0.1, 0.15) is 49.0 Å². The molecule has 1 unspecified atom stereocenters. The molecule has 0 fully saturated rings. The van der Waals surface area contributed by atoms with Gasteiger partial charge in [-0.15, -0.1) is 0 Å². The van der Waals surface area contributed by atoms with E-state index in [1.54, 1.807) is 42.5 Å². The van der Waals surface area contributed by atoms with E-state index in [0.29, 0.717) is 17.7 Å². The molecule has 0 aliphatic carbocycles. The van der Waals surface area contributed by atoms with Crippen LogP contribution in [0.2, 0.25) is 0 Å². The molecule has 0 aromatic heterocycles. The van der Waals surface area contributed by atoms with Crippen molar-refractivity contribution in [2.75, 3.05) is 5.32 Å². The molecule has 0 bridgehead atoms. The third-order valence-electron chi connectivity index (χ3n) is 4.57. The van der Waals surface area contributed by atoms with E-state index in [2.05, 4.69) is 5.32 Å². The van der Waals surface area contributed by atoms with Gasteiger partial charge in [-0.05, 0) is 36.2 Å². The number of carbonyl (C=O) groups excluding carboxylic acids is 2. The van der Waals surface area contributed by atoms with Crippen molar-refractivity contribution in [3.63, 3.8) is 0 Å². The molecule has 26 heavy (non-hydrogen) atoms. The van der Waals surface area contributed by atoms with Crippen molar-refractivity contribution in [3.8, 4) is 0 Å². The first-order valence-corrected chi connectivity index (χ1v) is 8.49. The van der Waals surface area contributed by atoms with Crippen LogP contribution in [-0.2, 0) is 9.59 Å². The Bertz CT molecular complexity index is 795. The fourth-order valence-electron chi connectivity index (χ4n) is 2.40. The number of carboxylic acid groups (broad SMARTS) is 1. The third-order valence-corrected chi connectivity index (χ3v) is 4.57. The molecule has 5 heteroatoms. The predicted molar refractivity (Wildman–Crippen MR) is 100 cm³/mol. The number of carboxylic acids is 1. The standard InChI is InChI=1S/C21H23NO4/c1-4-21(2,3)20(26)22-16-12-10-15(11-13-16)18(23)17(19(24)25)14-8-6-5-7-9-14/h5-13,17H,4H2,1-3H3,(H,22,26)(H,24,25). The number of anilines is 1. The first kappa shape index (κ1) is 19.4. The molecule has 0 aliphatic rings. The van der Waals surface area contributed by atoms with Crippen LogP contribution in [0.25, 0.3) is 0 Å². The highest BCUT2D eigenvalue weighted by Crippen LogP contribution is 2.24. The SMILES string of the molecule is CCC(C)(C)C(=O)Nc1ccc(C(=O)C(C(=O)O)c2ccccc2)cc1. The van der Waals surface area contributed by atoms with Crippen molar-refractivity contribution in [1.82, 2.24) is 0 Å². The quantitative estimate of drug-likeness (QED) is 0.579. The van der Waals surface area contributed by atoms with Gasteiger partial charge in [0.1, 0.15) is 5.92 Å². The number of ketones is 1. The number of hydrogen-bond donors (Lipinski definition) is 2. The molecule has 5 nitrogen and oxygen atoms in total. The normalized spacial score (nSPS) is 12.3. The van der Waals surface area contributed by atoms with Crippen LogP contribution < -0.4 is 5.32 Å². The van der Waals surface area contributed by atoms with Crippen LogP contribution in [0, 0.1) is 5.41 Å². The maximum Gasteiger partial charge on any atom is 0.318 e. The minimum absolute atomic E-state index is 0.105.